The Morgan fingerprint density at radius 2 is 1.90 bits per heavy atom. The Balaban J connectivity index is 1.65. The Kier molecular flexibility index (Phi) is 4.98. The number of aromatic nitrogens is 4. The lowest BCUT2D eigenvalue weighted by Crippen LogP contribution is -2.03. The van der Waals surface area contributed by atoms with Crippen LogP contribution in [0.3, 0.4) is 0 Å². The molecule has 3 heterocycles. The van der Waals surface area contributed by atoms with E-state index in [1.54, 1.807) is 25.4 Å². The van der Waals surface area contributed by atoms with Crippen LogP contribution in [0.25, 0.3) is 16.9 Å². The predicted octanol–water partition coefficient (Wildman–Crippen LogP) is 4.16. The average molecular weight is 386 g/mol. The van der Waals surface area contributed by atoms with E-state index in [-0.39, 0.29) is 5.69 Å². The fourth-order valence-electron chi connectivity index (χ4n) is 3.03. The number of hydrogen-bond acceptors (Lipinski definition) is 6. The number of aryl methyl sites for hydroxylation is 1. The van der Waals surface area contributed by atoms with E-state index in [1.807, 2.05) is 53.3 Å². The van der Waals surface area contributed by atoms with Gasteiger partial charge >= 0.3 is 0 Å². The molecular weight excluding hydrogens is 368 g/mol. The van der Waals surface area contributed by atoms with Gasteiger partial charge in [-0.3, -0.25) is 15.1 Å². The molecule has 0 radical (unpaired) electrons. The molecule has 0 bridgehead atoms. The molecule has 144 valence electrons. The van der Waals surface area contributed by atoms with E-state index in [2.05, 4.69) is 15.3 Å². The van der Waals surface area contributed by atoms with Gasteiger partial charge in [0.1, 0.15) is 12.0 Å². The minimum atomic E-state index is -0.433. The third-order valence-corrected chi connectivity index (χ3v) is 4.50. The summed E-state index contributed by atoms with van der Waals surface area (Å²) in [4.78, 5) is 18.8. The molecule has 8 heteroatoms. The lowest BCUT2D eigenvalue weighted by Gasteiger charge is -2.07. The maximum absolute atomic E-state index is 11.0. The summed E-state index contributed by atoms with van der Waals surface area (Å²) >= 11 is 0. The molecule has 4 aromatic rings. The third-order valence-electron chi connectivity index (χ3n) is 4.50. The van der Waals surface area contributed by atoms with Crippen molar-refractivity contribution in [3.05, 3.63) is 94.6 Å². The van der Waals surface area contributed by atoms with Gasteiger partial charge in [0.2, 0.25) is 0 Å². The van der Waals surface area contributed by atoms with Crippen LogP contribution < -0.4 is 5.32 Å². The van der Waals surface area contributed by atoms with Crippen LogP contribution in [0, 0.1) is 17.0 Å². The highest BCUT2D eigenvalue weighted by Crippen LogP contribution is 2.25. The highest BCUT2D eigenvalue weighted by Gasteiger charge is 2.14. The van der Waals surface area contributed by atoms with E-state index in [4.69, 9.17) is 5.10 Å². The smallest absolute Gasteiger partial charge is 0.290 e. The normalized spacial score (nSPS) is 10.7. The number of hydrogen-bond donors (Lipinski definition) is 1. The predicted molar refractivity (Wildman–Crippen MR) is 110 cm³/mol. The molecule has 8 nitrogen and oxygen atoms in total. The van der Waals surface area contributed by atoms with Crippen LogP contribution in [-0.2, 0) is 6.54 Å². The second-order valence-electron chi connectivity index (χ2n) is 6.49. The van der Waals surface area contributed by atoms with Gasteiger partial charge in [0, 0.05) is 41.8 Å². The molecule has 0 unspecified atom stereocenters. The molecule has 3 aromatic heterocycles. The quantitative estimate of drug-likeness (QED) is 0.395. The lowest BCUT2D eigenvalue weighted by atomic mass is 10.1. The highest BCUT2D eigenvalue weighted by molar-refractivity contribution is 5.63. The van der Waals surface area contributed by atoms with Crippen molar-refractivity contribution in [2.24, 2.45) is 0 Å². The van der Waals surface area contributed by atoms with E-state index >= 15 is 0 Å². The number of nitrogens with one attached hydrogen (secondary N) is 1. The van der Waals surface area contributed by atoms with Crippen molar-refractivity contribution >= 4 is 11.5 Å². The first-order chi connectivity index (χ1) is 14.1. The van der Waals surface area contributed by atoms with Crippen molar-refractivity contribution in [2.45, 2.75) is 13.5 Å². The largest absolute Gasteiger partial charge is 0.366 e. The van der Waals surface area contributed by atoms with Crippen LogP contribution in [0.1, 0.15) is 11.1 Å². The number of nitrogens with zero attached hydrogens (tertiary/aromatic N) is 5. The van der Waals surface area contributed by atoms with Gasteiger partial charge in [-0.05, 0) is 37.3 Å². The van der Waals surface area contributed by atoms with E-state index in [0.29, 0.717) is 17.9 Å². The second kappa shape index (κ2) is 7.89. The first kappa shape index (κ1) is 18.3. The maximum Gasteiger partial charge on any atom is 0.290 e. The first-order valence-electron chi connectivity index (χ1n) is 9.01. The number of para-hydroxylation sites is 1. The molecule has 0 fully saturated rings. The van der Waals surface area contributed by atoms with E-state index < -0.39 is 4.92 Å². The summed E-state index contributed by atoms with van der Waals surface area (Å²) in [6.45, 7) is 2.16. The summed E-state index contributed by atoms with van der Waals surface area (Å²) < 4.78 is 1.83. The molecule has 1 aromatic carbocycles. The minimum Gasteiger partial charge on any atom is -0.366 e. The number of nitro groups is 1. The number of pyridine rings is 2. The molecule has 0 aliphatic heterocycles. The molecule has 0 aliphatic carbocycles. The molecule has 0 spiro atoms. The molecular formula is C21H18N6O2. The van der Waals surface area contributed by atoms with Crippen molar-refractivity contribution in [3.8, 4) is 16.9 Å². The SMILES string of the molecule is Cc1cc(NCc2cn(-c3ccccc3)nc2-c2ccncc2)ncc1[N+](=O)[O-]. The fraction of sp³-hybridized carbons (Fsp3) is 0.0952. The average Bonchev–Trinajstić information content (AvgIpc) is 3.18. The Morgan fingerprint density at radius 3 is 2.59 bits per heavy atom. The summed E-state index contributed by atoms with van der Waals surface area (Å²) in [5.74, 6) is 0.571. The van der Waals surface area contributed by atoms with Crippen LogP contribution >= 0.6 is 0 Å². The number of rotatable bonds is 6. The summed E-state index contributed by atoms with van der Waals surface area (Å²) in [6, 6.07) is 15.4. The van der Waals surface area contributed by atoms with Gasteiger partial charge in [-0.15, -0.1) is 0 Å². The Bertz CT molecular complexity index is 1140. The Hall–Kier alpha value is -4.07. The molecule has 0 saturated heterocycles. The molecule has 0 amide bonds. The first-order valence-corrected chi connectivity index (χ1v) is 9.01. The second-order valence-corrected chi connectivity index (χ2v) is 6.49. The van der Waals surface area contributed by atoms with Crippen molar-refractivity contribution in [1.82, 2.24) is 19.7 Å². The Morgan fingerprint density at radius 1 is 1.14 bits per heavy atom. The van der Waals surface area contributed by atoms with Crippen molar-refractivity contribution < 1.29 is 4.92 Å². The van der Waals surface area contributed by atoms with Gasteiger partial charge in [-0.2, -0.15) is 5.10 Å². The van der Waals surface area contributed by atoms with Crippen LogP contribution in [0.15, 0.2) is 73.3 Å². The summed E-state index contributed by atoms with van der Waals surface area (Å²) in [6.07, 6.45) is 6.70. The fourth-order valence-corrected chi connectivity index (χ4v) is 3.03. The monoisotopic (exact) mass is 386 g/mol. The topological polar surface area (TPSA) is 98.8 Å². The minimum absolute atomic E-state index is 0.00456. The summed E-state index contributed by atoms with van der Waals surface area (Å²) in [7, 11) is 0. The molecule has 0 saturated carbocycles. The van der Waals surface area contributed by atoms with Gasteiger partial charge in [0.05, 0.1) is 16.3 Å². The molecule has 4 rings (SSSR count). The molecule has 0 aliphatic rings. The summed E-state index contributed by atoms with van der Waals surface area (Å²) in [5, 5.41) is 19.0. The van der Waals surface area contributed by atoms with Gasteiger partial charge in [0.25, 0.3) is 5.69 Å². The highest BCUT2D eigenvalue weighted by atomic mass is 16.6. The van der Waals surface area contributed by atoms with Gasteiger partial charge in [-0.25, -0.2) is 9.67 Å². The van der Waals surface area contributed by atoms with Gasteiger partial charge in [0.15, 0.2) is 0 Å². The van der Waals surface area contributed by atoms with Crippen molar-refractivity contribution in [2.75, 3.05) is 5.32 Å². The standard InChI is InChI=1S/C21H18N6O2/c1-15-11-20(24-13-19(15)27(28)29)23-12-17-14-26(18-5-3-2-4-6-18)25-21(17)16-7-9-22-10-8-16/h2-11,13-14H,12H2,1H3,(H,23,24). The number of anilines is 1. The summed E-state index contributed by atoms with van der Waals surface area (Å²) in [5.41, 5.74) is 4.28. The van der Waals surface area contributed by atoms with Gasteiger partial charge < -0.3 is 5.32 Å². The molecule has 29 heavy (non-hydrogen) atoms. The van der Waals surface area contributed by atoms with Crippen LogP contribution in [-0.4, -0.2) is 24.7 Å². The zero-order valence-corrected chi connectivity index (χ0v) is 15.7. The van der Waals surface area contributed by atoms with Gasteiger partial charge in [-0.1, -0.05) is 18.2 Å². The Labute approximate surface area is 167 Å². The lowest BCUT2D eigenvalue weighted by molar-refractivity contribution is -0.385. The molecule has 1 N–H and O–H groups in total. The van der Waals surface area contributed by atoms with E-state index in [1.165, 1.54) is 6.20 Å². The van der Waals surface area contributed by atoms with E-state index in [9.17, 15) is 10.1 Å². The maximum atomic E-state index is 11.0. The van der Waals surface area contributed by atoms with E-state index in [0.717, 1.165) is 22.5 Å². The van der Waals surface area contributed by atoms with Crippen molar-refractivity contribution in [3.63, 3.8) is 0 Å². The zero-order valence-electron chi connectivity index (χ0n) is 15.7. The third kappa shape index (κ3) is 3.96. The number of benzene rings is 1. The van der Waals surface area contributed by atoms with Crippen molar-refractivity contribution in [1.29, 1.82) is 0 Å². The van der Waals surface area contributed by atoms with Crippen LogP contribution in [0.4, 0.5) is 11.5 Å². The van der Waals surface area contributed by atoms with Crippen LogP contribution in [0.2, 0.25) is 0 Å². The molecule has 0 atom stereocenters. The van der Waals surface area contributed by atoms with Crippen LogP contribution in [0.5, 0.6) is 0 Å². The zero-order chi connectivity index (χ0) is 20.2.